The van der Waals surface area contributed by atoms with E-state index in [1.165, 1.54) is 0 Å². The number of para-hydroxylation sites is 1. The zero-order valence-corrected chi connectivity index (χ0v) is 15.2. The van der Waals surface area contributed by atoms with E-state index in [0.717, 1.165) is 11.3 Å². The van der Waals surface area contributed by atoms with Gasteiger partial charge >= 0.3 is 0 Å². The van der Waals surface area contributed by atoms with Crippen molar-refractivity contribution in [3.63, 3.8) is 0 Å². The second-order valence-corrected chi connectivity index (χ2v) is 8.85. The van der Waals surface area contributed by atoms with Crippen LogP contribution in [-0.2, 0) is 15.8 Å². The molecule has 1 heterocycles. The highest BCUT2D eigenvalue weighted by molar-refractivity contribution is 7.88. The van der Waals surface area contributed by atoms with Crippen molar-refractivity contribution in [3.8, 4) is 5.75 Å². The van der Waals surface area contributed by atoms with E-state index < -0.39 is 15.6 Å². The van der Waals surface area contributed by atoms with E-state index in [9.17, 15) is 8.42 Å². The summed E-state index contributed by atoms with van der Waals surface area (Å²) in [5.74, 6) is 0.622. The van der Waals surface area contributed by atoms with Crippen LogP contribution in [0.1, 0.15) is 37.4 Å². The average Bonchev–Trinajstić information content (AvgIpc) is 2.45. The first-order valence-corrected chi connectivity index (χ1v) is 9.80. The lowest BCUT2D eigenvalue weighted by Gasteiger charge is -2.37. The van der Waals surface area contributed by atoms with E-state index >= 15 is 0 Å². The molecule has 0 radical (unpaired) electrons. The van der Waals surface area contributed by atoms with E-state index in [2.05, 4.69) is 4.72 Å². The van der Waals surface area contributed by atoms with Gasteiger partial charge in [0, 0.05) is 17.0 Å². The van der Waals surface area contributed by atoms with E-state index in [0.29, 0.717) is 17.0 Å². The molecule has 6 heteroatoms. The van der Waals surface area contributed by atoms with Gasteiger partial charge in [-0.25, -0.2) is 13.1 Å². The van der Waals surface area contributed by atoms with Crippen LogP contribution in [0.25, 0.3) is 0 Å². The van der Waals surface area contributed by atoms with Crippen LogP contribution in [0, 0.1) is 0 Å². The van der Waals surface area contributed by atoms with Gasteiger partial charge in [0.1, 0.15) is 11.4 Å². The Bertz CT molecular complexity index is 849. The normalized spacial score (nSPS) is 19.4. The number of rotatable bonds is 4. The van der Waals surface area contributed by atoms with Crippen LogP contribution in [0.5, 0.6) is 5.75 Å². The molecule has 128 valence electrons. The summed E-state index contributed by atoms with van der Waals surface area (Å²) in [6.07, 6.45) is 0.568. The van der Waals surface area contributed by atoms with Crippen LogP contribution in [-0.4, -0.2) is 14.0 Å². The van der Waals surface area contributed by atoms with Crippen LogP contribution >= 0.6 is 11.6 Å². The fourth-order valence-corrected chi connectivity index (χ4v) is 4.57. The molecule has 0 saturated carbocycles. The first kappa shape index (κ1) is 17.3. The van der Waals surface area contributed by atoms with Gasteiger partial charge in [-0.05, 0) is 37.6 Å². The van der Waals surface area contributed by atoms with Gasteiger partial charge < -0.3 is 4.74 Å². The Morgan fingerprint density at radius 3 is 2.71 bits per heavy atom. The van der Waals surface area contributed by atoms with E-state index in [1.807, 2.05) is 38.1 Å². The molecular weight excluding hydrogens is 346 g/mol. The lowest BCUT2D eigenvalue weighted by Crippen LogP contribution is -2.41. The van der Waals surface area contributed by atoms with Crippen molar-refractivity contribution >= 4 is 21.6 Å². The summed E-state index contributed by atoms with van der Waals surface area (Å²) >= 11 is 5.94. The number of fused-ring (bicyclic) bond motifs is 1. The molecule has 4 nitrogen and oxygen atoms in total. The van der Waals surface area contributed by atoms with E-state index in [4.69, 9.17) is 16.3 Å². The number of nitrogens with one attached hydrogen (secondary N) is 1. The van der Waals surface area contributed by atoms with Gasteiger partial charge in [0.2, 0.25) is 10.0 Å². The smallest absolute Gasteiger partial charge is 0.216 e. The molecule has 3 rings (SSSR count). The van der Waals surface area contributed by atoms with Crippen molar-refractivity contribution in [1.82, 2.24) is 4.72 Å². The van der Waals surface area contributed by atoms with E-state index in [-0.39, 0.29) is 11.8 Å². The maximum Gasteiger partial charge on any atom is 0.216 e. The minimum absolute atomic E-state index is 0.104. The summed E-state index contributed by atoms with van der Waals surface area (Å²) < 4.78 is 34.0. The molecule has 1 atom stereocenters. The van der Waals surface area contributed by atoms with Gasteiger partial charge in [0.15, 0.2) is 0 Å². The molecule has 0 aromatic heterocycles. The molecule has 1 N–H and O–H groups in total. The Morgan fingerprint density at radius 1 is 1.21 bits per heavy atom. The standard InChI is InChI=1S/C18H20ClNO3S/c1-18(2)11-16(15-8-3-4-9-17(15)23-18)20-24(21,22)12-13-6-5-7-14(19)10-13/h3-10,16,20H,11-12H2,1-2H3/t16-/m0/s1. The van der Waals surface area contributed by atoms with Crippen molar-refractivity contribution < 1.29 is 13.2 Å². The molecule has 0 saturated heterocycles. The molecule has 0 fully saturated rings. The summed E-state index contributed by atoms with van der Waals surface area (Å²) in [6.45, 7) is 3.92. The highest BCUT2D eigenvalue weighted by atomic mass is 35.5. The summed E-state index contributed by atoms with van der Waals surface area (Å²) in [5.41, 5.74) is 1.10. The second kappa shape index (κ2) is 6.39. The molecule has 0 unspecified atom stereocenters. The fourth-order valence-electron chi connectivity index (χ4n) is 3.01. The number of sulfonamides is 1. The Kier molecular flexibility index (Phi) is 4.60. The third-order valence-electron chi connectivity index (χ3n) is 3.94. The summed E-state index contributed by atoms with van der Waals surface area (Å²) in [6, 6.07) is 14.1. The highest BCUT2D eigenvalue weighted by Gasteiger charge is 2.35. The third kappa shape index (κ3) is 4.09. The number of hydrogen-bond donors (Lipinski definition) is 1. The fraction of sp³-hybridized carbons (Fsp3) is 0.333. The largest absolute Gasteiger partial charge is 0.487 e. The molecule has 1 aliphatic heterocycles. The van der Waals surface area contributed by atoms with Crippen molar-refractivity contribution in [2.75, 3.05) is 0 Å². The number of halogens is 1. The minimum Gasteiger partial charge on any atom is -0.487 e. The zero-order chi connectivity index (χ0) is 17.4. The van der Waals surface area contributed by atoms with Crippen LogP contribution in [0.2, 0.25) is 5.02 Å². The SMILES string of the molecule is CC1(C)C[C@H](NS(=O)(=O)Cc2cccc(Cl)c2)c2ccccc2O1. The molecule has 2 aromatic rings. The zero-order valence-electron chi connectivity index (χ0n) is 13.6. The topological polar surface area (TPSA) is 55.4 Å². The molecule has 0 spiro atoms. The van der Waals surface area contributed by atoms with Crippen LogP contribution in [0.15, 0.2) is 48.5 Å². The van der Waals surface area contributed by atoms with Crippen LogP contribution in [0.4, 0.5) is 0 Å². The Labute approximate surface area is 147 Å². The van der Waals surface area contributed by atoms with Gasteiger partial charge in [0.25, 0.3) is 0 Å². The number of benzene rings is 2. The molecule has 0 aliphatic carbocycles. The maximum absolute atomic E-state index is 12.6. The lowest BCUT2D eigenvalue weighted by molar-refractivity contribution is 0.0702. The number of ether oxygens (including phenoxy) is 1. The van der Waals surface area contributed by atoms with Crippen molar-refractivity contribution in [2.24, 2.45) is 0 Å². The first-order valence-electron chi connectivity index (χ1n) is 7.76. The predicted octanol–water partition coefficient (Wildman–Crippen LogP) is 4.06. The summed E-state index contributed by atoms with van der Waals surface area (Å²) in [7, 11) is -3.51. The summed E-state index contributed by atoms with van der Waals surface area (Å²) in [4.78, 5) is 0. The van der Waals surface area contributed by atoms with Crippen molar-refractivity contribution in [3.05, 3.63) is 64.7 Å². The van der Waals surface area contributed by atoms with Gasteiger partial charge in [-0.3, -0.25) is 0 Å². The van der Waals surface area contributed by atoms with Gasteiger partial charge in [-0.1, -0.05) is 41.9 Å². The molecule has 2 aromatic carbocycles. The third-order valence-corrected chi connectivity index (χ3v) is 5.54. The van der Waals surface area contributed by atoms with Crippen molar-refractivity contribution in [2.45, 2.75) is 37.7 Å². The molecule has 24 heavy (non-hydrogen) atoms. The van der Waals surface area contributed by atoms with Gasteiger partial charge in [0.05, 0.1) is 11.8 Å². The molecule has 0 bridgehead atoms. The predicted molar refractivity (Wildman–Crippen MR) is 95.7 cm³/mol. The second-order valence-electron chi connectivity index (χ2n) is 6.66. The molecule has 0 amide bonds. The average molecular weight is 366 g/mol. The van der Waals surface area contributed by atoms with Crippen LogP contribution in [0.3, 0.4) is 0 Å². The minimum atomic E-state index is -3.51. The Morgan fingerprint density at radius 2 is 1.96 bits per heavy atom. The Hall–Kier alpha value is -1.56. The highest BCUT2D eigenvalue weighted by Crippen LogP contribution is 2.39. The quantitative estimate of drug-likeness (QED) is 0.888. The lowest BCUT2D eigenvalue weighted by atomic mass is 9.90. The molecular formula is C18H20ClNO3S. The number of hydrogen-bond acceptors (Lipinski definition) is 3. The summed E-state index contributed by atoms with van der Waals surface area (Å²) in [5, 5.41) is 0.528. The van der Waals surface area contributed by atoms with Crippen LogP contribution < -0.4 is 9.46 Å². The van der Waals surface area contributed by atoms with Gasteiger partial charge in [-0.15, -0.1) is 0 Å². The Balaban J connectivity index is 1.84. The first-order chi connectivity index (χ1) is 11.2. The van der Waals surface area contributed by atoms with E-state index in [1.54, 1.807) is 24.3 Å². The monoisotopic (exact) mass is 365 g/mol. The van der Waals surface area contributed by atoms with Crippen molar-refractivity contribution in [1.29, 1.82) is 0 Å². The van der Waals surface area contributed by atoms with Gasteiger partial charge in [-0.2, -0.15) is 0 Å². The maximum atomic E-state index is 12.6. The molecule has 1 aliphatic rings.